The van der Waals surface area contributed by atoms with Crippen LogP contribution in [0.5, 0.6) is 11.6 Å². The number of phenols is 1. The maximum absolute atomic E-state index is 10.9. The number of aromatic nitrogens is 5. The van der Waals surface area contributed by atoms with Crippen LogP contribution in [0.3, 0.4) is 0 Å². The summed E-state index contributed by atoms with van der Waals surface area (Å²) >= 11 is 0. The number of fused-ring (bicyclic) bond motifs is 2. The molecule has 9 heteroatoms. The number of nitrogens with zero attached hydrogens (tertiary/aromatic N) is 6. The van der Waals surface area contributed by atoms with Crippen molar-refractivity contribution in [1.82, 2.24) is 30.0 Å². The van der Waals surface area contributed by atoms with Gasteiger partial charge in [0.05, 0.1) is 35.5 Å². The number of methoxy groups -OCH3 is 1. The van der Waals surface area contributed by atoms with Crippen molar-refractivity contribution in [1.29, 1.82) is 0 Å². The van der Waals surface area contributed by atoms with E-state index in [-0.39, 0.29) is 5.75 Å². The van der Waals surface area contributed by atoms with E-state index < -0.39 is 0 Å². The van der Waals surface area contributed by atoms with Crippen molar-refractivity contribution in [2.24, 2.45) is 7.05 Å². The second kappa shape index (κ2) is 7.59. The number of phenolic OH excluding ortho intramolecular Hbond substituents is 1. The minimum Gasteiger partial charge on any atom is -0.507 e. The van der Waals surface area contributed by atoms with E-state index in [1.807, 2.05) is 38.5 Å². The summed E-state index contributed by atoms with van der Waals surface area (Å²) < 4.78 is 7.34. The second-order valence-electron chi connectivity index (χ2n) is 8.63. The van der Waals surface area contributed by atoms with Crippen molar-refractivity contribution >= 4 is 27.6 Å². The average Bonchev–Trinajstić information content (AvgIpc) is 3.15. The molecule has 4 aromatic rings. The van der Waals surface area contributed by atoms with Gasteiger partial charge in [0, 0.05) is 49.4 Å². The molecule has 1 fully saturated rings. The molecule has 2 N–H and O–H groups in total. The zero-order valence-corrected chi connectivity index (χ0v) is 18.9. The first-order valence-electron chi connectivity index (χ1n) is 10.7. The fraction of sp³-hybridized carbons (Fsp3) is 0.391. The van der Waals surface area contributed by atoms with Gasteiger partial charge >= 0.3 is 0 Å². The SMILES string of the molecule is COc1nc(-c2cc3cn(C)nc3c(C)c2O)nc2ncc(N3C[C@@H](C)N[C@H](C)C3)cc12. The highest BCUT2D eigenvalue weighted by molar-refractivity contribution is 5.91. The minimum absolute atomic E-state index is 0.109. The Balaban J connectivity index is 1.62. The standard InChI is InChI=1S/C23H27N7O2/c1-12-9-30(10-13(2)25-12)16-7-18-21(24-8-16)26-22(27-23(18)32-5)17-6-15-11-29(4)28-19(15)14(3)20(17)31/h6-8,11-13,25,31H,9-10H2,1-5H3/t12-,13-/m1/s1. The number of hydrogen-bond donors (Lipinski definition) is 2. The summed E-state index contributed by atoms with van der Waals surface area (Å²) in [5, 5.41) is 20.5. The molecule has 1 saturated heterocycles. The molecule has 2 atom stereocenters. The van der Waals surface area contributed by atoms with Crippen LogP contribution in [-0.2, 0) is 7.05 Å². The Kier molecular flexibility index (Phi) is 4.85. The van der Waals surface area contributed by atoms with E-state index in [0.717, 1.165) is 35.1 Å². The Bertz CT molecular complexity index is 1320. The third-order valence-corrected chi connectivity index (χ3v) is 5.98. The van der Waals surface area contributed by atoms with Crippen molar-refractivity contribution in [2.75, 3.05) is 25.1 Å². The van der Waals surface area contributed by atoms with Gasteiger partial charge in [-0.2, -0.15) is 10.1 Å². The minimum atomic E-state index is 0.109. The Morgan fingerprint density at radius 1 is 1.16 bits per heavy atom. The highest BCUT2D eigenvalue weighted by atomic mass is 16.5. The number of aromatic hydroxyl groups is 1. The van der Waals surface area contributed by atoms with Crippen molar-refractivity contribution in [3.8, 4) is 23.0 Å². The number of benzene rings is 1. The van der Waals surface area contributed by atoms with E-state index in [1.165, 1.54) is 0 Å². The summed E-state index contributed by atoms with van der Waals surface area (Å²) in [4.78, 5) is 16.2. The number of nitrogens with one attached hydrogen (secondary N) is 1. The highest BCUT2D eigenvalue weighted by Crippen LogP contribution is 2.37. The van der Waals surface area contributed by atoms with E-state index in [0.29, 0.717) is 40.6 Å². The van der Waals surface area contributed by atoms with Crippen molar-refractivity contribution < 1.29 is 9.84 Å². The summed E-state index contributed by atoms with van der Waals surface area (Å²) in [7, 11) is 3.44. The van der Waals surface area contributed by atoms with Gasteiger partial charge in [-0.3, -0.25) is 4.68 Å². The van der Waals surface area contributed by atoms with Gasteiger partial charge < -0.3 is 20.1 Å². The predicted octanol–water partition coefficient (Wildman–Crippen LogP) is 2.79. The molecular weight excluding hydrogens is 406 g/mol. The van der Waals surface area contributed by atoms with E-state index in [2.05, 4.69) is 44.1 Å². The first-order valence-corrected chi connectivity index (χ1v) is 10.7. The quantitative estimate of drug-likeness (QED) is 0.509. The van der Waals surface area contributed by atoms with E-state index in [1.54, 1.807) is 11.8 Å². The number of aryl methyl sites for hydroxylation is 2. The van der Waals surface area contributed by atoms with Crippen LogP contribution in [-0.4, -0.2) is 62.1 Å². The van der Waals surface area contributed by atoms with Gasteiger partial charge in [0.15, 0.2) is 11.5 Å². The molecule has 3 aromatic heterocycles. The third-order valence-electron chi connectivity index (χ3n) is 5.98. The lowest BCUT2D eigenvalue weighted by Crippen LogP contribution is -2.54. The topological polar surface area (TPSA) is 101 Å². The van der Waals surface area contributed by atoms with Crippen LogP contribution in [0.25, 0.3) is 33.3 Å². The number of pyridine rings is 1. The largest absolute Gasteiger partial charge is 0.507 e. The molecule has 4 heterocycles. The fourth-order valence-electron chi connectivity index (χ4n) is 4.57. The number of ether oxygens (including phenoxy) is 1. The second-order valence-corrected chi connectivity index (χ2v) is 8.63. The first kappa shape index (κ1) is 20.4. The molecule has 0 saturated carbocycles. The van der Waals surface area contributed by atoms with Crippen molar-refractivity contribution in [2.45, 2.75) is 32.9 Å². The van der Waals surface area contributed by atoms with Gasteiger partial charge in [-0.25, -0.2) is 9.97 Å². The Hall–Kier alpha value is -3.46. The summed E-state index contributed by atoms with van der Waals surface area (Å²) in [6.07, 6.45) is 3.75. The van der Waals surface area contributed by atoms with Crippen LogP contribution in [0.1, 0.15) is 19.4 Å². The maximum atomic E-state index is 10.9. The normalized spacial score (nSPS) is 19.1. The first-order chi connectivity index (χ1) is 15.3. The summed E-state index contributed by atoms with van der Waals surface area (Å²) in [5.74, 6) is 0.905. The lowest BCUT2D eigenvalue weighted by atomic mass is 10.1. The van der Waals surface area contributed by atoms with Crippen LogP contribution in [0, 0.1) is 6.92 Å². The molecule has 5 rings (SSSR count). The smallest absolute Gasteiger partial charge is 0.226 e. The van der Waals surface area contributed by atoms with Crippen LogP contribution in [0.4, 0.5) is 5.69 Å². The molecule has 0 aliphatic carbocycles. The molecule has 0 radical (unpaired) electrons. The number of anilines is 1. The zero-order chi connectivity index (χ0) is 22.6. The maximum Gasteiger partial charge on any atom is 0.226 e. The molecule has 1 aliphatic rings. The molecule has 0 spiro atoms. The van der Waals surface area contributed by atoms with Gasteiger partial charge in [0.25, 0.3) is 0 Å². The van der Waals surface area contributed by atoms with Crippen LogP contribution in [0.15, 0.2) is 24.5 Å². The molecule has 9 nitrogen and oxygen atoms in total. The van der Waals surface area contributed by atoms with Gasteiger partial charge in [0.1, 0.15) is 5.75 Å². The number of rotatable bonds is 3. The van der Waals surface area contributed by atoms with E-state index in [4.69, 9.17) is 4.74 Å². The molecule has 1 aliphatic heterocycles. The average molecular weight is 434 g/mol. The number of piperazine rings is 1. The molecule has 0 unspecified atom stereocenters. The zero-order valence-electron chi connectivity index (χ0n) is 18.9. The van der Waals surface area contributed by atoms with E-state index >= 15 is 0 Å². The highest BCUT2D eigenvalue weighted by Gasteiger charge is 2.23. The van der Waals surface area contributed by atoms with Crippen LogP contribution >= 0.6 is 0 Å². The van der Waals surface area contributed by atoms with Gasteiger partial charge in [0.2, 0.25) is 5.88 Å². The van der Waals surface area contributed by atoms with Gasteiger partial charge in [-0.15, -0.1) is 0 Å². The van der Waals surface area contributed by atoms with E-state index in [9.17, 15) is 5.11 Å². The molecule has 1 aromatic carbocycles. The van der Waals surface area contributed by atoms with Crippen LogP contribution < -0.4 is 15.0 Å². The fourth-order valence-corrected chi connectivity index (χ4v) is 4.57. The van der Waals surface area contributed by atoms with Crippen molar-refractivity contribution in [3.63, 3.8) is 0 Å². The molecule has 0 amide bonds. The third kappa shape index (κ3) is 3.38. The molecule has 32 heavy (non-hydrogen) atoms. The molecule has 0 bridgehead atoms. The summed E-state index contributed by atoms with van der Waals surface area (Å²) in [5.41, 5.74) is 3.51. The summed E-state index contributed by atoms with van der Waals surface area (Å²) in [6.45, 7) is 8.00. The Morgan fingerprint density at radius 3 is 2.62 bits per heavy atom. The Morgan fingerprint density at radius 2 is 1.91 bits per heavy atom. The van der Waals surface area contributed by atoms with Crippen LogP contribution in [0.2, 0.25) is 0 Å². The molecular formula is C23H27N7O2. The monoisotopic (exact) mass is 433 g/mol. The van der Waals surface area contributed by atoms with Crippen molar-refractivity contribution in [3.05, 3.63) is 30.1 Å². The molecule has 166 valence electrons. The Labute approximate surface area is 186 Å². The van der Waals surface area contributed by atoms with Gasteiger partial charge in [-0.1, -0.05) is 0 Å². The summed E-state index contributed by atoms with van der Waals surface area (Å²) in [6, 6.07) is 4.67. The lowest BCUT2D eigenvalue weighted by molar-refractivity contribution is 0.402. The number of hydrogen-bond acceptors (Lipinski definition) is 8. The lowest BCUT2D eigenvalue weighted by Gasteiger charge is -2.37. The predicted molar refractivity (Wildman–Crippen MR) is 124 cm³/mol. The van der Waals surface area contributed by atoms with Gasteiger partial charge in [-0.05, 0) is 32.9 Å².